The third-order valence-electron chi connectivity index (χ3n) is 3.10. The number of hydrogen-bond acceptors (Lipinski definition) is 2. The molecule has 0 spiro atoms. The minimum absolute atomic E-state index is 0.102. The molecule has 1 aromatic carbocycles. The minimum atomic E-state index is -0.102. The highest BCUT2D eigenvalue weighted by Gasteiger charge is 2.19. The van der Waals surface area contributed by atoms with E-state index in [4.69, 9.17) is 0 Å². The highest BCUT2D eigenvalue weighted by Crippen LogP contribution is 2.21. The lowest BCUT2D eigenvalue weighted by Crippen LogP contribution is -2.44. The summed E-state index contributed by atoms with van der Waals surface area (Å²) in [5.74, 6) is 0. The molecule has 1 heterocycles. The molecule has 3 N–H and O–H groups in total. The number of nitrogens with one attached hydrogen (secondary N) is 3. The number of rotatable bonds is 3. The highest BCUT2D eigenvalue weighted by molar-refractivity contribution is 5.74. The van der Waals surface area contributed by atoms with E-state index in [0.29, 0.717) is 6.54 Å². The molecular formula is C14H21N3O. The molecule has 0 aromatic heterocycles. The molecule has 1 aromatic rings. The Hall–Kier alpha value is -1.55. The number of hydrogen-bond donors (Lipinski definition) is 3. The summed E-state index contributed by atoms with van der Waals surface area (Å²) in [5.41, 5.74) is 2.68. The number of benzene rings is 1. The van der Waals surface area contributed by atoms with Gasteiger partial charge >= 0.3 is 6.03 Å². The fourth-order valence-electron chi connectivity index (χ4n) is 2.28. The molecule has 0 saturated carbocycles. The van der Waals surface area contributed by atoms with E-state index in [1.54, 1.807) is 0 Å². The molecular weight excluding hydrogens is 226 g/mol. The summed E-state index contributed by atoms with van der Waals surface area (Å²) in [4.78, 5) is 11.6. The number of carbonyl (C=O) groups excluding carboxylic acids is 1. The predicted molar refractivity (Wildman–Crippen MR) is 72.6 cm³/mol. The molecule has 0 bridgehead atoms. The summed E-state index contributed by atoms with van der Waals surface area (Å²) in [6.45, 7) is 5.49. The molecule has 4 nitrogen and oxygen atoms in total. The van der Waals surface area contributed by atoms with Crippen LogP contribution in [0.2, 0.25) is 0 Å². The van der Waals surface area contributed by atoms with Gasteiger partial charge in [0.25, 0.3) is 0 Å². The van der Waals surface area contributed by atoms with Crippen molar-refractivity contribution in [2.75, 3.05) is 13.1 Å². The Kier molecular flexibility index (Phi) is 4.20. The van der Waals surface area contributed by atoms with Crippen LogP contribution in [0.15, 0.2) is 24.3 Å². The predicted octanol–water partition coefficient (Wildman–Crippen LogP) is 1.58. The van der Waals surface area contributed by atoms with Crippen LogP contribution in [-0.4, -0.2) is 25.2 Å². The lowest BCUT2D eigenvalue weighted by atomic mass is 9.94. The normalized spacial score (nSPS) is 18.3. The van der Waals surface area contributed by atoms with Gasteiger partial charge < -0.3 is 16.0 Å². The zero-order chi connectivity index (χ0) is 13.0. The van der Waals surface area contributed by atoms with E-state index in [-0.39, 0.29) is 18.1 Å². The van der Waals surface area contributed by atoms with Crippen molar-refractivity contribution >= 4 is 6.03 Å². The van der Waals surface area contributed by atoms with Crippen molar-refractivity contribution in [3.05, 3.63) is 35.4 Å². The summed E-state index contributed by atoms with van der Waals surface area (Å²) in [6, 6.07) is 8.69. The van der Waals surface area contributed by atoms with Gasteiger partial charge in [-0.3, -0.25) is 0 Å². The van der Waals surface area contributed by atoms with E-state index >= 15 is 0 Å². The Morgan fingerprint density at radius 2 is 2.22 bits per heavy atom. The number of amides is 2. The van der Waals surface area contributed by atoms with Crippen LogP contribution < -0.4 is 16.0 Å². The third kappa shape index (κ3) is 3.23. The van der Waals surface area contributed by atoms with Crippen molar-refractivity contribution in [1.82, 2.24) is 16.0 Å². The van der Waals surface area contributed by atoms with Gasteiger partial charge in [-0.15, -0.1) is 0 Å². The summed E-state index contributed by atoms with van der Waals surface area (Å²) >= 11 is 0. The van der Waals surface area contributed by atoms with Crippen molar-refractivity contribution in [2.24, 2.45) is 0 Å². The van der Waals surface area contributed by atoms with Crippen LogP contribution in [0.4, 0.5) is 4.79 Å². The molecule has 1 atom stereocenters. The van der Waals surface area contributed by atoms with Gasteiger partial charge in [0, 0.05) is 18.6 Å². The molecule has 4 heteroatoms. The van der Waals surface area contributed by atoms with E-state index in [1.807, 2.05) is 19.9 Å². The molecule has 1 aliphatic rings. The maximum Gasteiger partial charge on any atom is 0.315 e. The monoisotopic (exact) mass is 247 g/mol. The van der Waals surface area contributed by atoms with Crippen LogP contribution in [-0.2, 0) is 6.42 Å². The van der Waals surface area contributed by atoms with Gasteiger partial charge in [0.2, 0.25) is 0 Å². The standard InChI is InChI=1S/C14H21N3O/c1-10(2)17-14(18)16-9-13-12-6-4-3-5-11(12)7-8-15-13/h3-6,10,13,15H,7-9H2,1-2H3,(H2,16,17,18). The van der Waals surface area contributed by atoms with E-state index in [9.17, 15) is 4.79 Å². The first-order valence-corrected chi connectivity index (χ1v) is 6.52. The summed E-state index contributed by atoms with van der Waals surface area (Å²) in [6.07, 6.45) is 1.06. The van der Waals surface area contributed by atoms with Gasteiger partial charge in [-0.1, -0.05) is 24.3 Å². The first-order chi connectivity index (χ1) is 8.66. The SMILES string of the molecule is CC(C)NC(=O)NCC1NCCc2ccccc21. The van der Waals surface area contributed by atoms with Crippen molar-refractivity contribution in [1.29, 1.82) is 0 Å². The van der Waals surface area contributed by atoms with E-state index < -0.39 is 0 Å². The zero-order valence-corrected chi connectivity index (χ0v) is 11.0. The summed E-state index contributed by atoms with van der Waals surface area (Å²) in [7, 11) is 0. The van der Waals surface area contributed by atoms with Gasteiger partial charge in [0.05, 0.1) is 0 Å². The second-order valence-corrected chi connectivity index (χ2v) is 4.96. The number of fused-ring (bicyclic) bond motifs is 1. The van der Waals surface area contributed by atoms with Gasteiger partial charge in [-0.2, -0.15) is 0 Å². The number of carbonyl (C=O) groups is 1. The molecule has 2 rings (SSSR count). The summed E-state index contributed by atoms with van der Waals surface area (Å²) in [5, 5.41) is 9.18. The molecule has 0 radical (unpaired) electrons. The van der Waals surface area contributed by atoms with Gasteiger partial charge in [-0.25, -0.2) is 4.79 Å². The molecule has 0 fully saturated rings. The molecule has 0 saturated heterocycles. The van der Waals surface area contributed by atoms with Crippen molar-refractivity contribution < 1.29 is 4.79 Å². The van der Waals surface area contributed by atoms with Crippen LogP contribution >= 0.6 is 0 Å². The average molecular weight is 247 g/mol. The molecule has 18 heavy (non-hydrogen) atoms. The Balaban J connectivity index is 1.93. The smallest absolute Gasteiger partial charge is 0.315 e. The Labute approximate surface area is 108 Å². The van der Waals surface area contributed by atoms with Crippen LogP contribution in [0.3, 0.4) is 0 Å². The first kappa shape index (κ1) is 12.9. The average Bonchev–Trinajstić information content (AvgIpc) is 2.35. The Morgan fingerprint density at radius 1 is 1.44 bits per heavy atom. The number of urea groups is 1. The van der Waals surface area contributed by atoms with Gasteiger partial charge in [-0.05, 0) is 37.9 Å². The van der Waals surface area contributed by atoms with Crippen LogP contribution in [0, 0.1) is 0 Å². The zero-order valence-electron chi connectivity index (χ0n) is 11.0. The van der Waals surface area contributed by atoms with Gasteiger partial charge in [0.15, 0.2) is 0 Å². The largest absolute Gasteiger partial charge is 0.336 e. The fraction of sp³-hybridized carbons (Fsp3) is 0.500. The van der Waals surface area contributed by atoms with E-state index in [0.717, 1.165) is 13.0 Å². The van der Waals surface area contributed by atoms with Gasteiger partial charge in [0.1, 0.15) is 0 Å². The second-order valence-electron chi connectivity index (χ2n) is 4.96. The van der Waals surface area contributed by atoms with Crippen LogP contribution in [0.25, 0.3) is 0 Å². The molecule has 1 unspecified atom stereocenters. The maximum absolute atomic E-state index is 11.6. The lowest BCUT2D eigenvalue weighted by Gasteiger charge is -2.27. The molecule has 0 aliphatic carbocycles. The van der Waals surface area contributed by atoms with Crippen LogP contribution in [0.1, 0.15) is 31.0 Å². The third-order valence-corrected chi connectivity index (χ3v) is 3.10. The van der Waals surface area contributed by atoms with Crippen molar-refractivity contribution in [3.8, 4) is 0 Å². The van der Waals surface area contributed by atoms with E-state index in [1.165, 1.54) is 11.1 Å². The Morgan fingerprint density at radius 3 is 3.00 bits per heavy atom. The molecule has 2 amide bonds. The lowest BCUT2D eigenvalue weighted by molar-refractivity contribution is 0.237. The minimum Gasteiger partial charge on any atom is -0.336 e. The highest BCUT2D eigenvalue weighted by atomic mass is 16.2. The van der Waals surface area contributed by atoms with Crippen molar-refractivity contribution in [3.63, 3.8) is 0 Å². The van der Waals surface area contributed by atoms with Crippen molar-refractivity contribution in [2.45, 2.75) is 32.4 Å². The molecule has 98 valence electrons. The molecule has 1 aliphatic heterocycles. The Bertz CT molecular complexity index is 417. The topological polar surface area (TPSA) is 53.2 Å². The quantitative estimate of drug-likeness (QED) is 0.759. The maximum atomic E-state index is 11.6. The second kappa shape index (κ2) is 5.87. The first-order valence-electron chi connectivity index (χ1n) is 6.52. The fourth-order valence-corrected chi connectivity index (χ4v) is 2.28. The summed E-state index contributed by atoms with van der Waals surface area (Å²) < 4.78 is 0. The van der Waals surface area contributed by atoms with E-state index in [2.05, 4.69) is 34.1 Å². The van der Waals surface area contributed by atoms with Crippen LogP contribution in [0.5, 0.6) is 0 Å².